The highest BCUT2D eigenvalue weighted by Crippen LogP contribution is 2.57. The molecule has 318 valence electrons. The Morgan fingerprint density at radius 2 is 0.806 bits per heavy atom. The summed E-state index contributed by atoms with van der Waals surface area (Å²) < 4.78 is 0. The van der Waals surface area contributed by atoms with Crippen LogP contribution in [0.4, 0.5) is 17.1 Å². The summed E-state index contributed by atoms with van der Waals surface area (Å²) >= 11 is 0. The molecule has 0 amide bonds. The third-order valence-electron chi connectivity index (χ3n) is 14.6. The van der Waals surface area contributed by atoms with Gasteiger partial charge < -0.3 is 4.90 Å². The summed E-state index contributed by atoms with van der Waals surface area (Å²) in [5.74, 6) is 0. The van der Waals surface area contributed by atoms with Gasteiger partial charge in [-0.3, -0.25) is 0 Å². The van der Waals surface area contributed by atoms with E-state index >= 15 is 0 Å². The first kappa shape index (κ1) is 40.3. The molecule has 2 aliphatic carbocycles. The van der Waals surface area contributed by atoms with Crippen molar-refractivity contribution in [2.45, 2.75) is 24.7 Å². The molecular formula is C66H49N. The van der Waals surface area contributed by atoms with Crippen molar-refractivity contribution in [3.05, 3.63) is 288 Å². The number of benzene rings is 10. The van der Waals surface area contributed by atoms with Gasteiger partial charge in [0.05, 0.1) is 5.41 Å². The quantitative estimate of drug-likeness (QED) is 0.140. The Labute approximate surface area is 394 Å². The molecule has 1 unspecified atom stereocenters. The van der Waals surface area contributed by atoms with Gasteiger partial charge in [0.2, 0.25) is 0 Å². The van der Waals surface area contributed by atoms with E-state index < -0.39 is 5.41 Å². The minimum absolute atomic E-state index is 0.117. The fourth-order valence-corrected chi connectivity index (χ4v) is 11.3. The van der Waals surface area contributed by atoms with Gasteiger partial charge in [-0.25, -0.2) is 0 Å². The van der Waals surface area contributed by atoms with Crippen molar-refractivity contribution in [2.24, 2.45) is 0 Å². The average Bonchev–Trinajstić information content (AvgIpc) is 3.82. The maximum absolute atomic E-state index is 4.16. The molecule has 1 atom stereocenters. The second kappa shape index (κ2) is 16.0. The Balaban J connectivity index is 0.989. The minimum atomic E-state index is -0.550. The minimum Gasteiger partial charge on any atom is -0.310 e. The predicted octanol–water partition coefficient (Wildman–Crippen LogP) is 17.5. The molecule has 0 saturated carbocycles. The predicted molar refractivity (Wildman–Crippen MR) is 282 cm³/mol. The van der Waals surface area contributed by atoms with Crippen LogP contribution < -0.4 is 4.90 Å². The Morgan fingerprint density at radius 3 is 1.51 bits per heavy atom. The van der Waals surface area contributed by atoms with E-state index in [1.54, 1.807) is 0 Å². The van der Waals surface area contributed by atoms with Crippen LogP contribution in [0.5, 0.6) is 0 Å². The Hall–Kier alpha value is -8.26. The summed E-state index contributed by atoms with van der Waals surface area (Å²) in [6, 6.07) is 89.7. The van der Waals surface area contributed by atoms with Gasteiger partial charge in [-0.2, -0.15) is 0 Å². The summed E-state index contributed by atoms with van der Waals surface area (Å²) in [4.78, 5) is 2.41. The summed E-state index contributed by atoms with van der Waals surface area (Å²) in [5.41, 5.74) is 23.9. The Morgan fingerprint density at radius 1 is 0.328 bits per heavy atom. The largest absolute Gasteiger partial charge is 0.310 e. The monoisotopic (exact) mass is 855 g/mol. The number of anilines is 3. The fourth-order valence-electron chi connectivity index (χ4n) is 11.3. The van der Waals surface area contributed by atoms with Crippen LogP contribution in [0.15, 0.2) is 249 Å². The van der Waals surface area contributed by atoms with Crippen molar-refractivity contribution in [2.75, 3.05) is 4.90 Å². The van der Waals surface area contributed by atoms with Gasteiger partial charge in [0, 0.05) is 22.5 Å². The molecule has 0 spiro atoms. The molecule has 0 aromatic heterocycles. The maximum atomic E-state index is 4.16. The molecule has 0 N–H and O–H groups in total. The van der Waals surface area contributed by atoms with Gasteiger partial charge in [-0.15, -0.1) is 0 Å². The lowest BCUT2D eigenvalue weighted by Crippen LogP contribution is -2.28. The molecular weight excluding hydrogens is 807 g/mol. The standard InChI is InChI=1S/C66H49N/c1-4-45-18-11-12-25-56(45)50-21-17-24-52(42-50)66(51-22-9-6-10-23-51)62-29-16-14-27-58(62)60-40-34-49(43-64(60)66)48-32-37-54(38-33-48)67(53-35-30-47(31-36-53)46-19-7-5-8-20-46)55-39-41-59-57-26-13-15-28-61(57)65(2,3)63(59)44-55/h4-44H,1H2,2-3H3. The molecule has 0 bridgehead atoms. The van der Waals surface area contributed by atoms with E-state index in [2.05, 4.69) is 268 Å². The van der Waals surface area contributed by atoms with Gasteiger partial charge in [-0.1, -0.05) is 221 Å². The Bertz CT molecular complexity index is 3490. The SMILES string of the molecule is C=Cc1ccccc1-c1cccc(C2(c3ccccc3)c3ccccc3-c3ccc(-c4ccc(N(c5ccc(-c6ccccc6)cc5)c5ccc6c(c5)C(C)(C)c5ccccc5-6)cc4)cc32)c1. The van der Waals surface area contributed by atoms with E-state index in [0.717, 1.165) is 22.6 Å². The van der Waals surface area contributed by atoms with E-state index in [9.17, 15) is 0 Å². The average molecular weight is 856 g/mol. The molecule has 0 radical (unpaired) electrons. The van der Waals surface area contributed by atoms with Crippen LogP contribution in [0, 0.1) is 0 Å². The number of fused-ring (bicyclic) bond motifs is 6. The zero-order valence-electron chi connectivity index (χ0n) is 37.8. The van der Waals surface area contributed by atoms with Crippen molar-refractivity contribution in [1.82, 2.24) is 0 Å². The van der Waals surface area contributed by atoms with Crippen LogP contribution in [-0.2, 0) is 10.8 Å². The lowest BCUT2D eigenvalue weighted by atomic mass is 9.67. The van der Waals surface area contributed by atoms with Crippen LogP contribution in [0.3, 0.4) is 0 Å². The molecule has 1 nitrogen and oxygen atoms in total. The fraction of sp³-hybridized carbons (Fsp3) is 0.0606. The van der Waals surface area contributed by atoms with Crippen LogP contribution in [0.2, 0.25) is 0 Å². The van der Waals surface area contributed by atoms with Gasteiger partial charge >= 0.3 is 0 Å². The molecule has 0 heterocycles. The molecule has 10 aromatic carbocycles. The second-order valence-electron chi connectivity index (χ2n) is 18.5. The van der Waals surface area contributed by atoms with E-state index in [4.69, 9.17) is 0 Å². The van der Waals surface area contributed by atoms with E-state index in [1.807, 2.05) is 6.08 Å². The number of hydrogen-bond donors (Lipinski definition) is 0. The van der Waals surface area contributed by atoms with Gasteiger partial charge in [-0.05, 0) is 143 Å². The summed E-state index contributed by atoms with van der Waals surface area (Å²) in [5, 5.41) is 0. The molecule has 10 aromatic rings. The normalized spacial score (nSPS) is 15.0. The van der Waals surface area contributed by atoms with Crippen molar-refractivity contribution in [1.29, 1.82) is 0 Å². The van der Waals surface area contributed by atoms with Crippen molar-refractivity contribution < 1.29 is 0 Å². The molecule has 0 saturated heterocycles. The second-order valence-corrected chi connectivity index (χ2v) is 18.5. The molecule has 1 heteroatoms. The molecule has 0 aliphatic heterocycles. The lowest BCUT2D eigenvalue weighted by molar-refractivity contribution is 0.660. The third-order valence-corrected chi connectivity index (χ3v) is 14.6. The topological polar surface area (TPSA) is 3.24 Å². The number of rotatable bonds is 9. The van der Waals surface area contributed by atoms with Crippen LogP contribution >= 0.6 is 0 Å². The molecule has 12 rings (SSSR count). The molecule has 67 heavy (non-hydrogen) atoms. The summed E-state index contributed by atoms with van der Waals surface area (Å²) in [7, 11) is 0. The molecule has 2 aliphatic rings. The highest BCUT2D eigenvalue weighted by Gasteiger charge is 2.46. The summed E-state index contributed by atoms with van der Waals surface area (Å²) in [6.07, 6.45) is 1.96. The highest BCUT2D eigenvalue weighted by molar-refractivity contribution is 5.90. The van der Waals surface area contributed by atoms with E-state index in [1.165, 1.54) is 89.0 Å². The van der Waals surface area contributed by atoms with E-state index in [0.29, 0.717) is 0 Å². The number of hydrogen-bond acceptors (Lipinski definition) is 1. The first-order valence-electron chi connectivity index (χ1n) is 23.4. The smallest absolute Gasteiger partial charge is 0.0713 e. The van der Waals surface area contributed by atoms with Gasteiger partial charge in [0.1, 0.15) is 0 Å². The molecule has 0 fully saturated rings. The lowest BCUT2D eigenvalue weighted by Gasteiger charge is -2.34. The third kappa shape index (κ3) is 6.45. The number of nitrogens with zero attached hydrogens (tertiary/aromatic N) is 1. The zero-order chi connectivity index (χ0) is 45.1. The van der Waals surface area contributed by atoms with Crippen molar-refractivity contribution in [3.8, 4) is 55.6 Å². The first-order chi connectivity index (χ1) is 32.9. The van der Waals surface area contributed by atoms with Gasteiger partial charge in [0.15, 0.2) is 0 Å². The highest BCUT2D eigenvalue weighted by atomic mass is 15.1. The van der Waals surface area contributed by atoms with E-state index in [-0.39, 0.29) is 5.41 Å². The first-order valence-corrected chi connectivity index (χ1v) is 23.4. The van der Waals surface area contributed by atoms with Crippen molar-refractivity contribution in [3.63, 3.8) is 0 Å². The van der Waals surface area contributed by atoms with Crippen LogP contribution in [0.1, 0.15) is 52.8 Å². The van der Waals surface area contributed by atoms with Gasteiger partial charge in [0.25, 0.3) is 0 Å². The van der Waals surface area contributed by atoms with Crippen LogP contribution in [0.25, 0.3) is 61.7 Å². The maximum Gasteiger partial charge on any atom is 0.0713 e. The van der Waals surface area contributed by atoms with Crippen molar-refractivity contribution >= 4 is 23.1 Å². The Kier molecular flexibility index (Phi) is 9.62. The summed E-state index contributed by atoms with van der Waals surface area (Å²) in [6.45, 7) is 8.87. The zero-order valence-corrected chi connectivity index (χ0v) is 37.8. The van der Waals surface area contributed by atoms with Crippen LogP contribution in [-0.4, -0.2) is 0 Å².